The number of carbonyl (C=O) groups excluding carboxylic acids is 2. The van der Waals surface area contributed by atoms with E-state index in [4.69, 9.17) is 0 Å². The molecule has 0 fully saturated rings. The number of hydrogen-bond acceptors (Lipinski definition) is 5. The number of pyridine rings is 1. The summed E-state index contributed by atoms with van der Waals surface area (Å²) >= 11 is -1.53. The molecule has 11 heteroatoms. The number of urea groups is 1. The fourth-order valence-corrected chi connectivity index (χ4v) is 4.98. The van der Waals surface area contributed by atoms with E-state index in [1.54, 1.807) is 6.07 Å². The van der Waals surface area contributed by atoms with Gasteiger partial charge in [-0.15, -0.1) is 0 Å². The number of allylic oxidation sites excluding steroid dienone is 1. The number of likely N-dealkylation sites (N-methyl/N-ethyl adjacent to an activating group) is 1. The first-order valence-corrected chi connectivity index (χ1v) is 11.3. The molecule has 1 aromatic heterocycles. The highest BCUT2D eigenvalue weighted by Gasteiger charge is 2.46. The molecule has 1 aromatic carbocycles. The molecule has 170 valence electrons. The number of halogens is 3. The summed E-state index contributed by atoms with van der Waals surface area (Å²) < 4.78 is 52.2. The van der Waals surface area contributed by atoms with Crippen molar-refractivity contribution in [3.63, 3.8) is 0 Å². The van der Waals surface area contributed by atoms with E-state index in [0.717, 1.165) is 23.2 Å². The standard InChI is InChI=1S/C22H17F3N4O3S/c1-28-20(14-4-3-12(11-26)9-17(14)33(2)32)19-15(5-6-16(19)30)29(21(28)31)18-10-13(7-8-27-18)22(23,24)25/h3-4,7-10,20H,5-6H2,1-2H3. The van der Waals surface area contributed by atoms with Crippen LogP contribution in [0.4, 0.5) is 23.8 Å². The summed E-state index contributed by atoms with van der Waals surface area (Å²) in [5.74, 6) is -0.495. The molecule has 4 rings (SSSR count). The SMILES string of the molecule is CN1C(=O)N(c2cc(C(F)(F)F)ccn2)C2=C(C(=O)CC2)C1c1ccc(C#N)cc1[S+](C)[O-]. The van der Waals surface area contributed by atoms with E-state index >= 15 is 0 Å². The third-order valence-electron chi connectivity index (χ3n) is 5.67. The predicted octanol–water partition coefficient (Wildman–Crippen LogP) is 3.94. The van der Waals surface area contributed by atoms with E-state index in [2.05, 4.69) is 4.98 Å². The van der Waals surface area contributed by atoms with Gasteiger partial charge in [0.25, 0.3) is 0 Å². The minimum atomic E-state index is -4.63. The summed E-state index contributed by atoms with van der Waals surface area (Å²) in [5, 5.41) is 9.20. The molecule has 0 saturated heterocycles. The molecule has 1 aliphatic heterocycles. The van der Waals surface area contributed by atoms with Crippen molar-refractivity contribution in [2.45, 2.75) is 30.0 Å². The number of ketones is 1. The van der Waals surface area contributed by atoms with Crippen LogP contribution in [-0.2, 0) is 22.1 Å². The van der Waals surface area contributed by atoms with Gasteiger partial charge < -0.3 is 9.45 Å². The van der Waals surface area contributed by atoms with E-state index in [9.17, 15) is 32.6 Å². The summed E-state index contributed by atoms with van der Waals surface area (Å²) in [6.07, 6.45) is -2.00. The first-order chi connectivity index (χ1) is 15.5. The second-order valence-corrected chi connectivity index (χ2v) is 8.98. The zero-order valence-corrected chi connectivity index (χ0v) is 18.3. The molecule has 2 heterocycles. The third kappa shape index (κ3) is 3.85. The Hall–Kier alpha value is -3.36. The number of nitrogens with zero attached hydrogens (tertiary/aromatic N) is 4. The smallest absolute Gasteiger partial charge is 0.416 e. The van der Waals surface area contributed by atoms with Crippen molar-refractivity contribution in [2.24, 2.45) is 0 Å². The lowest BCUT2D eigenvalue weighted by Crippen LogP contribution is -2.48. The number of hydrogen-bond donors (Lipinski definition) is 0. The summed E-state index contributed by atoms with van der Waals surface area (Å²) in [6.45, 7) is 0. The average molecular weight is 474 g/mol. The highest BCUT2D eigenvalue weighted by Crippen LogP contribution is 2.45. The van der Waals surface area contributed by atoms with Crippen molar-refractivity contribution < 1.29 is 27.3 Å². The molecular formula is C22H17F3N4O3S. The highest BCUT2D eigenvalue weighted by molar-refractivity contribution is 7.90. The van der Waals surface area contributed by atoms with Crippen molar-refractivity contribution in [3.8, 4) is 6.07 Å². The number of anilines is 1. The van der Waals surface area contributed by atoms with Crippen molar-refractivity contribution >= 4 is 28.8 Å². The molecule has 1 aliphatic carbocycles. The monoisotopic (exact) mass is 474 g/mol. The van der Waals surface area contributed by atoms with Crippen LogP contribution in [0.2, 0.25) is 0 Å². The number of nitriles is 1. The van der Waals surface area contributed by atoms with Crippen molar-refractivity contribution in [1.82, 2.24) is 9.88 Å². The molecule has 0 N–H and O–H groups in total. The van der Waals surface area contributed by atoms with Crippen LogP contribution in [0.15, 0.2) is 52.7 Å². The highest BCUT2D eigenvalue weighted by atomic mass is 32.2. The van der Waals surface area contributed by atoms with Gasteiger partial charge in [-0.2, -0.15) is 18.4 Å². The lowest BCUT2D eigenvalue weighted by Gasteiger charge is -2.40. The molecule has 2 aliphatic rings. The molecule has 0 spiro atoms. The van der Waals surface area contributed by atoms with Crippen LogP contribution in [0, 0.1) is 11.3 Å². The lowest BCUT2D eigenvalue weighted by molar-refractivity contribution is -0.137. The van der Waals surface area contributed by atoms with Gasteiger partial charge in [0, 0.05) is 42.6 Å². The Morgan fingerprint density at radius 3 is 2.58 bits per heavy atom. The largest absolute Gasteiger partial charge is 0.612 e. The topological polar surface area (TPSA) is 100 Å². The summed E-state index contributed by atoms with van der Waals surface area (Å²) in [6, 6.07) is 6.49. The van der Waals surface area contributed by atoms with Gasteiger partial charge in [-0.05, 0) is 35.8 Å². The number of carbonyl (C=O) groups is 2. The Morgan fingerprint density at radius 2 is 1.94 bits per heavy atom. The zero-order chi connectivity index (χ0) is 24.1. The maximum Gasteiger partial charge on any atom is 0.416 e. The van der Waals surface area contributed by atoms with Gasteiger partial charge in [0.2, 0.25) is 0 Å². The number of alkyl halides is 3. The maximum absolute atomic E-state index is 13.4. The number of amides is 2. The van der Waals surface area contributed by atoms with Crippen molar-refractivity contribution in [3.05, 3.63) is 64.5 Å². The lowest BCUT2D eigenvalue weighted by atomic mass is 9.92. The molecular weight excluding hydrogens is 457 g/mol. The van der Waals surface area contributed by atoms with Crippen LogP contribution in [-0.4, -0.2) is 39.6 Å². The third-order valence-corrected chi connectivity index (χ3v) is 6.65. The van der Waals surface area contributed by atoms with Gasteiger partial charge in [0.15, 0.2) is 10.7 Å². The molecule has 0 saturated carbocycles. The van der Waals surface area contributed by atoms with E-state index in [-0.39, 0.29) is 41.3 Å². The van der Waals surface area contributed by atoms with Crippen LogP contribution < -0.4 is 4.90 Å². The van der Waals surface area contributed by atoms with E-state index in [1.165, 1.54) is 30.3 Å². The van der Waals surface area contributed by atoms with Crippen LogP contribution in [0.3, 0.4) is 0 Å². The van der Waals surface area contributed by atoms with Crippen LogP contribution in [0.25, 0.3) is 0 Å². The van der Waals surface area contributed by atoms with E-state index < -0.39 is 35.0 Å². The van der Waals surface area contributed by atoms with Gasteiger partial charge in [-0.1, -0.05) is 6.07 Å². The maximum atomic E-state index is 13.4. The number of rotatable bonds is 3. The van der Waals surface area contributed by atoms with Crippen molar-refractivity contribution in [2.75, 3.05) is 18.2 Å². The number of benzene rings is 1. The van der Waals surface area contributed by atoms with Crippen LogP contribution in [0.5, 0.6) is 0 Å². The summed E-state index contributed by atoms with van der Waals surface area (Å²) in [7, 11) is 1.42. The Labute approximate surface area is 190 Å². The normalized spacial score (nSPS) is 19.6. The molecule has 0 radical (unpaired) electrons. The Balaban J connectivity index is 1.91. The van der Waals surface area contributed by atoms with E-state index in [0.29, 0.717) is 10.5 Å². The second-order valence-electron chi connectivity index (χ2n) is 7.63. The molecule has 2 aromatic rings. The summed E-state index contributed by atoms with van der Waals surface area (Å²) in [5.41, 5.74) is 0.248. The predicted molar refractivity (Wildman–Crippen MR) is 112 cm³/mol. The Morgan fingerprint density at radius 1 is 1.21 bits per heavy atom. The molecule has 2 amide bonds. The van der Waals surface area contributed by atoms with Gasteiger partial charge >= 0.3 is 12.2 Å². The number of aromatic nitrogens is 1. The van der Waals surface area contributed by atoms with Gasteiger partial charge in [0.1, 0.15) is 12.1 Å². The first kappa shape index (κ1) is 22.8. The molecule has 2 unspecified atom stereocenters. The summed E-state index contributed by atoms with van der Waals surface area (Å²) in [4.78, 5) is 32.8. The fraction of sp³-hybridized carbons (Fsp3) is 0.273. The average Bonchev–Trinajstić information content (AvgIpc) is 3.14. The van der Waals surface area contributed by atoms with E-state index in [1.807, 2.05) is 6.07 Å². The first-order valence-electron chi connectivity index (χ1n) is 9.78. The van der Waals surface area contributed by atoms with Gasteiger partial charge in [-0.3, -0.25) is 4.79 Å². The second kappa shape index (κ2) is 8.20. The number of Topliss-reactive ketones (excluding diaryl/α,β-unsaturated/α-hetero) is 1. The van der Waals surface area contributed by atoms with Gasteiger partial charge in [0.05, 0.1) is 23.2 Å². The molecule has 33 heavy (non-hydrogen) atoms. The van der Waals surface area contributed by atoms with Gasteiger partial charge in [-0.25, -0.2) is 14.7 Å². The Kier molecular flexibility index (Phi) is 5.67. The fourth-order valence-electron chi connectivity index (χ4n) is 4.18. The van der Waals surface area contributed by atoms with Crippen LogP contribution in [0.1, 0.15) is 35.6 Å². The van der Waals surface area contributed by atoms with Crippen molar-refractivity contribution in [1.29, 1.82) is 5.26 Å². The minimum Gasteiger partial charge on any atom is -0.612 e. The molecule has 7 nitrogen and oxygen atoms in total. The molecule has 2 atom stereocenters. The molecule has 0 bridgehead atoms. The minimum absolute atomic E-state index is 0.0819. The zero-order valence-electron chi connectivity index (χ0n) is 17.5. The van der Waals surface area contributed by atoms with Crippen LogP contribution >= 0.6 is 0 Å². The Bertz CT molecular complexity index is 1240. The quantitative estimate of drug-likeness (QED) is 0.628.